The summed E-state index contributed by atoms with van der Waals surface area (Å²) in [5.41, 5.74) is 3.84. The summed E-state index contributed by atoms with van der Waals surface area (Å²) in [5.74, 6) is -2.48. The largest absolute Gasteiger partial charge is 0.468 e. The van der Waals surface area contributed by atoms with Gasteiger partial charge in [0, 0.05) is 61.4 Å². The van der Waals surface area contributed by atoms with Gasteiger partial charge in [0.05, 0.1) is 19.3 Å². The molecule has 2 aromatic rings. The van der Waals surface area contributed by atoms with E-state index in [4.69, 9.17) is 9.47 Å². The smallest absolute Gasteiger partial charge is 0.336 e. The lowest BCUT2D eigenvalue weighted by Gasteiger charge is -2.36. The lowest BCUT2D eigenvalue weighted by molar-refractivity contribution is -0.144. The fourth-order valence-corrected chi connectivity index (χ4v) is 5.66. The molecule has 2 heterocycles. The van der Waals surface area contributed by atoms with Gasteiger partial charge < -0.3 is 25.0 Å². The van der Waals surface area contributed by atoms with Crippen LogP contribution < -0.4 is 15.5 Å². The van der Waals surface area contributed by atoms with E-state index in [1.807, 2.05) is 12.1 Å². The van der Waals surface area contributed by atoms with Crippen LogP contribution in [0.15, 0.2) is 70.9 Å². The number of hydrogen-bond acceptors (Lipinski definition) is 8. The Labute approximate surface area is 247 Å². The average molecular weight is 576 g/mol. The van der Waals surface area contributed by atoms with E-state index < -0.39 is 23.8 Å². The number of aliphatic imine (C=N–C) groups is 1. The van der Waals surface area contributed by atoms with Gasteiger partial charge in [-0.1, -0.05) is 30.3 Å². The number of hydrogen-bond donors (Lipinski definition) is 2. The molecule has 2 aliphatic heterocycles. The lowest BCUT2D eigenvalue weighted by Crippen LogP contribution is -2.47. The zero-order valence-electron chi connectivity index (χ0n) is 24.9. The third-order valence-corrected chi connectivity index (χ3v) is 7.71. The molecule has 2 amide bonds. The van der Waals surface area contributed by atoms with Crippen LogP contribution in [-0.4, -0.2) is 81.6 Å². The molecule has 0 saturated carbocycles. The highest BCUT2D eigenvalue weighted by molar-refractivity contribution is 6.07. The summed E-state index contributed by atoms with van der Waals surface area (Å²) in [7, 11) is 1.31. The molecule has 10 nitrogen and oxygen atoms in total. The summed E-state index contributed by atoms with van der Waals surface area (Å²) in [5, 5.41) is 5.82. The summed E-state index contributed by atoms with van der Waals surface area (Å²) in [4.78, 5) is 47.8. The normalized spacial score (nSPS) is 19.1. The lowest BCUT2D eigenvalue weighted by atomic mass is 9.75. The van der Waals surface area contributed by atoms with Crippen molar-refractivity contribution in [1.29, 1.82) is 0 Å². The number of nitrogens with zero attached hydrogens (tertiary/aromatic N) is 3. The third-order valence-electron chi connectivity index (χ3n) is 7.71. The van der Waals surface area contributed by atoms with E-state index in [0.717, 1.165) is 39.1 Å². The van der Waals surface area contributed by atoms with Gasteiger partial charge in [-0.3, -0.25) is 14.7 Å². The van der Waals surface area contributed by atoms with Crippen molar-refractivity contribution in [3.63, 3.8) is 0 Å². The molecular weight excluding hydrogens is 534 g/mol. The Morgan fingerprint density at radius 3 is 2.43 bits per heavy atom. The van der Waals surface area contributed by atoms with Crippen LogP contribution in [0, 0.1) is 5.92 Å². The van der Waals surface area contributed by atoms with E-state index in [2.05, 4.69) is 49.7 Å². The Kier molecular flexibility index (Phi) is 10.7. The number of carbonyl (C=O) groups excluding carboxylic acids is 3. The Hall–Kier alpha value is -4.18. The number of piperazine rings is 1. The van der Waals surface area contributed by atoms with Gasteiger partial charge in [0.25, 0.3) is 0 Å². The number of urea groups is 1. The maximum absolute atomic E-state index is 13.0. The summed E-state index contributed by atoms with van der Waals surface area (Å²) in [6.45, 7) is 10.8. The predicted molar refractivity (Wildman–Crippen MR) is 164 cm³/mol. The van der Waals surface area contributed by atoms with E-state index >= 15 is 0 Å². The minimum absolute atomic E-state index is 0.194. The monoisotopic (exact) mass is 575 g/mol. The van der Waals surface area contributed by atoms with Crippen molar-refractivity contribution < 1.29 is 23.9 Å². The number of anilines is 2. The standard InChI is InChI=1S/C32H41N5O5/c1-5-42-31(39)28-23(3)34-22(2)27(30(38)41-4)29(28)24-11-9-12-25(21-24)35-32(40)33-15-10-16-36-17-19-37(20-18-36)26-13-7-6-8-14-26/h6-9,11-14,21,27,29H,5,10,15-20H2,1-4H3,(H2,33,35,40). The molecule has 1 saturated heterocycles. The molecule has 224 valence electrons. The van der Waals surface area contributed by atoms with Crippen LogP contribution in [0.25, 0.3) is 0 Å². The van der Waals surface area contributed by atoms with Crippen molar-refractivity contribution in [3.05, 3.63) is 71.4 Å². The molecule has 0 aliphatic carbocycles. The van der Waals surface area contributed by atoms with Gasteiger partial charge in [0.1, 0.15) is 5.92 Å². The van der Waals surface area contributed by atoms with Crippen LogP contribution in [0.4, 0.5) is 16.2 Å². The van der Waals surface area contributed by atoms with E-state index in [9.17, 15) is 14.4 Å². The maximum atomic E-state index is 13.0. The quantitative estimate of drug-likeness (QED) is 0.323. The number of ether oxygens (including phenoxy) is 2. The van der Waals surface area contributed by atoms with Crippen LogP contribution in [0.3, 0.4) is 0 Å². The highest BCUT2D eigenvalue weighted by atomic mass is 16.5. The first-order valence-corrected chi connectivity index (χ1v) is 14.5. The fourth-order valence-electron chi connectivity index (χ4n) is 5.66. The molecule has 2 atom stereocenters. The van der Waals surface area contributed by atoms with Crippen LogP contribution >= 0.6 is 0 Å². The number of carbonyl (C=O) groups is 3. The molecule has 2 N–H and O–H groups in total. The molecular formula is C32H41N5O5. The van der Waals surface area contributed by atoms with Crippen LogP contribution in [0.5, 0.6) is 0 Å². The van der Waals surface area contributed by atoms with E-state index in [1.54, 1.807) is 39.0 Å². The SMILES string of the molecule is CCOC(=O)C1=C(C)N=C(C)C(C(=O)OC)C1c1cccc(NC(=O)NCCCN2CCN(c3ccccc3)CC2)c1. The summed E-state index contributed by atoms with van der Waals surface area (Å²) in [6.07, 6.45) is 0.841. The number of rotatable bonds is 10. The summed E-state index contributed by atoms with van der Waals surface area (Å²) in [6, 6.07) is 17.3. The fraction of sp³-hybridized carbons (Fsp3) is 0.438. The first kappa shape index (κ1) is 30.8. The van der Waals surface area contributed by atoms with Gasteiger partial charge >= 0.3 is 18.0 Å². The van der Waals surface area contributed by atoms with Crippen molar-refractivity contribution in [1.82, 2.24) is 10.2 Å². The van der Waals surface area contributed by atoms with E-state index in [0.29, 0.717) is 34.8 Å². The molecule has 1 fully saturated rings. The number of esters is 2. The Morgan fingerprint density at radius 2 is 1.74 bits per heavy atom. The number of para-hydroxylation sites is 1. The van der Waals surface area contributed by atoms with Crippen molar-refractivity contribution in [2.45, 2.75) is 33.1 Å². The number of methoxy groups -OCH3 is 1. The van der Waals surface area contributed by atoms with Crippen molar-refractivity contribution in [3.8, 4) is 0 Å². The van der Waals surface area contributed by atoms with E-state index in [-0.39, 0.29) is 12.6 Å². The zero-order chi connectivity index (χ0) is 30.1. The Balaban J connectivity index is 1.33. The number of allylic oxidation sites excluding steroid dienone is 1. The van der Waals surface area contributed by atoms with Crippen LogP contribution in [0.2, 0.25) is 0 Å². The summed E-state index contributed by atoms with van der Waals surface area (Å²) < 4.78 is 10.4. The van der Waals surface area contributed by atoms with Crippen molar-refractivity contribution in [2.24, 2.45) is 10.9 Å². The Morgan fingerprint density at radius 1 is 1.00 bits per heavy atom. The molecule has 2 unspecified atom stereocenters. The molecule has 10 heteroatoms. The van der Waals surface area contributed by atoms with Gasteiger partial charge in [-0.05, 0) is 63.6 Å². The number of nitrogens with one attached hydrogen (secondary N) is 2. The minimum Gasteiger partial charge on any atom is -0.468 e. The topological polar surface area (TPSA) is 113 Å². The minimum atomic E-state index is -0.795. The van der Waals surface area contributed by atoms with Crippen molar-refractivity contribution in [2.75, 3.05) is 63.2 Å². The van der Waals surface area contributed by atoms with Crippen molar-refractivity contribution >= 4 is 35.1 Å². The highest BCUT2D eigenvalue weighted by Gasteiger charge is 2.42. The first-order valence-electron chi connectivity index (χ1n) is 14.5. The molecule has 0 spiro atoms. The molecule has 4 rings (SSSR count). The second-order valence-corrected chi connectivity index (χ2v) is 10.5. The second kappa shape index (κ2) is 14.6. The van der Waals surface area contributed by atoms with Gasteiger partial charge in [-0.15, -0.1) is 0 Å². The average Bonchev–Trinajstić information content (AvgIpc) is 2.99. The zero-order valence-corrected chi connectivity index (χ0v) is 24.9. The second-order valence-electron chi connectivity index (χ2n) is 10.5. The third kappa shape index (κ3) is 7.55. The molecule has 0 radical (unpaired) electrons. The molecule has 42 heavy (non-hydrogen) atoms. The van der Waals surface area contributed by atoms with E-state index in [1.165, 1.54) is 12.8 Å². The van der Waals surface area contributed by atoms with Gasteiger partial charge in [-0.2, -0.15) is 0 Å². The molecule has 0 aromatic heterocycles. The molecule has 0 bridgehead atoms. The Bertz CT molecular complexity index is 1320. The van der Waals surface area contributed by atoms with Gasteiger partial charge in [0.2, 0.25) is 0 Å². The number of amides is 2. The molecule has 2 aliphatic rings. The van der Waals surface area contributed by atoms with Crippen LogP contribution in [0.1, 0.15) is 38.7 Å². The molecule has 2 aromatic carbocycles. The predicted octanol–water partition coefficient (Wildman–Crippen LogP) is 4.20. The first-order chi connectivity index (χ1) is 20.3. The van der Waals surface area contributed by atoms with Gasteiger partial charge in [0.15, 0.2) is 0 Å². The van der Waals surface area contributed by atoms with Gasteiger partial charge in [-0.25, -0.2) is 9.59 Å². The number of benzene rings is 2. The highest BCUT2D eigenvalue weighted by Crippen LogP contribution is 2.40. The summed E-state index contributed by atoms with van der Waals surface area (Å²) >= 11 is 0. The van der Waals surface area contributed by atoms with Crippen LogP contribution in [-0.2, 0) is 19.1 Å². The maximum Gasteiger partial charge on any atom is 0.336 e.